The number of methoxy groups -OCH3 is 1. The second-order valence-electron chi connectivity index (χ2n) is 4.89. The SMILES string of the molecule is COc1ccc(NC(=O)CNC(=O)[C@@H](N)C(C)C)cc1Cl.Cl. The van der Waals surface area contributed by atoms with Crippen LogP contribution in [0.5, 0.6) is 5.75 Å². The van der Waals surface area contributed by atoms with Crippen molar-refractivity contribution >= 4 is 41.5 Å². The van der Waals surface area contributed by atoms with Crippen LogP contribution in [0.2, 0.25) is 5.02 Å². The van der Waals surface area contributed by atoms with E-state index in [2.05, 4.69) is 10.6 Å². The average molecular weight is 350 g/mol. The lowest BCUT2D eigenvalue weighted by molar-refractivity contribution is -0.125. The molecule has 0 saturated heterocycles. The lowest BCUT2D eigenvalue weighted by Gasteiger charge is -2.15. The van der Waals surface area contributed by atoms with Crippen molar-refractivity contribution in [1.82, 2.24) is 5.32 Å². The molecule has 0 fully saturated rings. The summed E-state index contributed by atoms with van der Waals surface area (Å²) in [6, 6.07) is 4.24. The highest BCUT2D eigenvalue weighted by Gasteiger charge is 2.17. The van der Waals surface area contributed by atoms with Gasteiger partial charge >= 0.3 is 0 Å². The number of ether oxygens (including phenoxy) is 1. The molecule has 1 rings (SSSR count). The highest BCUT2D eigenvalue weighted by Crippen LogP contribution is 2.27. The number of rotatable bonds is 6. The lowest BCUT2D eigenvalue weighted by atomic mass is 10.1. The van der Waals surface area contributed by atoms with Crippen molar-refractivity contribution in [2.45, 2.75) is 19.9 Å². The summed E-state index contributed by atoms with van der Waals surface area (Å²) in [5.74, 6) is -0.187. The van der Waals surface area contributed by atoms with Crippen LogP contribution in [0.4, 0.5) is 5.69 Å². The average Bonchev–Trinajstić information content (AvgIpc) is 2.44. The van der Waals surface area contributed by atoms with Gasteiger partial charge in [-0.15, -0.1) is 12.4 Å². The largest absolute Gasteiger partial charge is 0.495 e. The first-order valence-electron chi connectivity index (χ1n) is 6.51. The molecule has 1 aromatic carbocycles. The third-order valence-corrected chi connectivity index (χ3v) is 3.18. The van der Waals surface area contributed by atoms with Crippen molar-refractivity contribution in [2.24, 2.45) is 11.7 Å². The molecule has 0 aliphatic rings. The second kappa shape index (κ2) is 9.50. The van der Waals surface area contributed by atoms with Gasteiger partial charge in [-0.25, -0.2) is 0 Å². The molecule has 0 spiro atoms. The lowest BCUT2D eigenvalue weighted by Crippen LogP contribution is -2.46. The maximum absolute atomic E-state index is 11.7. The number of anilines is 1. The predicted molar refractivity (Wildman–Crippen MR) is 89.7 cm³/mol. The molecule has 8 heteroatoms. The highest BCUT2D eigenvalue weighted by molar-refractivity contribution is 6.32. The van der Waals surface area contributed by atoms with E-state index in [4.69, 9.17) is 22.1 Å². The molecular formula is C14H21Cl2N3O3. The van der Waals surface area contributed by atoms with Crippen LogP contribution in [0, 0.1) is 5.92 Å². The first-order chi connectivity index (χ1) is 9.85. The van der Waals surface area contributed by atoms with Gasteiger partial charge in [0, 0.05) is 5.69 Å². The van der Waals surface area contributed by atoms with E-state index < -0.39 is 6.04 Å². The van der Waals surface area contributed by atoms with Crippen LogP contribution in [-0.2, 0) is 9.59 Å². The summed E-state index contributed by atoms with van der Waals surface area (Å²) < 4.78 is 5.02. The Hall–Kier alpha value is -1.50. The van der Waals surface area contributed by atoms with Gasteiger partial charge in [-0.3, -0.25) is 9.59 Å². The van der Waals surface area contributed by atoms with Crippen molar-refractivity contribution < 1.29 is 14.3 Å². The van der Waals surface area contributed by atoms with Gasteiger partial charge in [0.15, 0.2) is 0 Å². The number of carbonyl (C=O) groups is 2. The van der Waals surface area contributed by atoms with Gasteiger partial charge in [0.25, 0.3) is 0 Å². The van der Waals surface area contributed by atoms with Crippen LogP contribution in [-0.4, -0.2) is 31.5 Å². The highest BCUT2D eigenvalue weighted by atomic mass is 35.5. The Morgan fingerprint density at radius 2 is 2.00 bits per heavy atom. The molecule has 2 amide bonds. The van der Waals surface area contributed by atoms with Crippen LogP contribution in [0.1, 0.15) is 13.8 Å². The molecule has 0 unspecified atom stereocenters. The quantitative estimate of drug-likeness (QED) is 0.729. The zero-order valence-corrected chi connectivity index (χ0v) is 14.3. The summed E-state index contributed by atoms with van der Waals surface area (Å²) in [4.78, 5) is 23.4. The number of nitrogens with one attached hydrogen (secondary N) is 2. The molecule has 1 aromatic rings. The maximum Gasteiger partial charge on any atom is 0.243 e. The predicted octanol–water partition coefficient (Wildman–Crippen LogP) is 1.81. The molecule has 0 heterocycles. The molecule has 0 aliphatic carbocycles. The summed E-state index contributed by atoms with van der Waals surface area (Å²) >= 11 is 5.95. The van der Waals surface area contributed by atoms with Crippen molar-refractivity contribution in [1.29, 1.82) is 0 Å². The smallest absolute Gasteiger partial charge is 0.243 e. The van der Waals surface area contributed by atoms with Crippen molar-refractivity contribution in [3.05, 3.63) is 23.2 Å². The van der Waals surface area contributed by atoms with E-state index in [-0.39, 0.29) is 36.7 Å². The van der Waals surface area contributed by atoms with E-state index in [0.29, 0.717) is 16.5 Å². The molecule has 4 N–H and O–H groups in total. The Kier molecular flexibility index (Phi) is 8.86. The summed E-state index contributed by atoms with van der Waals surface area (Å²) in [5.41, 5.74) is 6.20. The summed E-state index contributed by atoms with van der Waals surface area (Å²) in [5, 5.41) is 5.50. The van der Waals surface area contributed by atoms with Crippen LogP contribution in [0.25, 0.3) is 0 Å². The Morgan fingerprint density at radius 1 is 1.36 bits per heavy atom. The monoisotopic (exact) mass is 349 g/mol. The third kappa shape index (κ3) is 6.09. The van der Waals surface area contributed by atoms with Gasteiger partial charge in [-0.1, -0.05) is 25.4 Å². The van der Waals surface area contributed by atoms with E-state index in [1.165, 1.54) is 7.11 Å². The van der Waals surface area contributed by atoms with Crippen LogP contribution >= 0.6 is 24.0 Å². The van der Waals surface area contributed by atoms with E-state index in [1.54, 1.807) is 18.2 Å². The summed E-state index contributed by atoms with van der Waals surface area (Å²) in [7, 11) is 1.51. The normalized spacial score (nSPS) is 11.4. The number of amides is 2. The standard InChI is InChI=1S/C14H20ClN3O3.ClH/c1-8(2)13(16)14(20)17-7-12(19)18-9-4-5-11(21-3)10(15)6-9;/h4-6,8,13H,7,16H2,1-3H3,(H,17,20)(H,18,19);1H/t13-;/m0./s1. The Balaban J connectivity index is 0.00000441. The first kappa shape index (κ1) is 20.5. The molecule has 0 radical (unpaired) electrons. The molecule has 0 aromatic heterocycles. The number of hydrogen-bond acceptors (Lipinski definition) is 4. The van der Waals surface area contributed by atoms with E-state index >= 15 is 0 Å². The fourth-order valence-corrected chi connectivity index (χ4v) is 1.80. The molecule has 1 atom stereocenters. The van der Waals surface area contributed by atoms with E-state index in [0.717, 1.165) is 0 Å². The van der Waals surface area contributed by atoms with Gasteiger partial charge in [-0.2, -0.15) is 0 Å². The summed E-state index contributed by atoms with van der Waals surface area (Å²) in [6.45, 7) is 3.52. The molecule has 0 aliphatic heterocycles. The number of carbonyl (C=O) groups excluding carboxylic acids is 2. The van der Waals surface area contributed by atoms with Crippen molar-refractivity contribution in [3.63, 3.8) is 0 Å². The summed E-state index contributed by atoms with van der Waals surface area (Å²) in [6.07, 6.45) is 0. The van der Waals surface area contributed by atoms with E-state index in [1.807, 2.05) is 13.8 Å². The second-order valence-corrected chi connectivity index (χ2v) is 5.29. The maximum atomic E-state index is 11.7. The zero-order chi connectivity index (χ0) is 16.0. The van der Waals surface area contributed by atoms with Crippen LogP contribution in [0.3, 0.4) is 0 Å². The van der Waals surface area contributed by atoms with Gasteiger partial charge in [-0.05, 0) is 24.1 Å². The van der Waals surface area contributed by atoms with Gasteiger partial charge in [0.2, 0.25) is 11.8 Å². The fourth-order valence-electron chi connectivity index (χ4n) is 1.54. The molecule has 0 saturated carbocycles. The van der Waals surface area contributed by atoms with Crippen molar-refractivity contribution in [3.8, 4) is 5.75 Å². The van der Waals surface area contributed by atoms with Gasteiger partial charge < -0.3 is 21.1 Å². The number of nitrogens with two attached hydrogens (primary N) is 1. The topological polar surface area (TPSA) is 93.5 Å². The Labute approximate surface area is 141 Å². The molecular weight excluding hydrogens is 329 g/mol. The van der Waals surface area contributed by atoms with Crippen molar-refractivity contribution in [2.75, 3.05) is 19.0 Å². The molecule has 22 heavy (non-hydrogen) atoms. The van der Waals surface area contributed by atoms with Gasteiger partial charge in [0.1, 0.15) is 5.75 Å². The third-order valence-electron chi connectivity index (χ3n) is 2.88. The Morgan fingerprint density at radius 3 is 2.50 bits per heavy atom. The zero-order valence-electron chi connectivity index (χ0n) is 12.7. The number of halogens is 2. The van der Waals surface area contributed by atoms with Gasteiger partial charge in [0.05, 0.1) is 24.7 Å². The van der Waals surface area contributed by atoms with Crippen LogP contribution < -0.4 is 21.1 Å². The number of hydrogen-bond donors (Lipinski definition) is 3. The van der Waals surface area contributed by atoms with Crippen LogP contribution in [0.15, 0.2) is 18.2 Å². The minimum atomic E-state index is -0.631. The molecule has 6 nitrogen and oxygen atoms in total. The number of benzene rings is 1. The molecule has 124 valence electrons. The minimum absolute atomic E-state index is 0. The Bertz CT molecular complexity index is 524. The first-order valence-corrected chi connectivity index (χ1v) is 6.89. The minimum Gasteiger partial charge on any atom is -0.495 e. The fraction of sp³-hybridized carbons (Fsp3) is 0.429. The molecule has 0 bridgehead atoms. The van der Waals surface area contributed by atoms with E-state index in [9.17, 15) is 9.59 Å².